The van der Waals surface area contributed by atoms with Gasteiger partial charge in [0.15, 0.2) is 0 Å². The van der Waals surface area contributed by atoms with Crippen LogP contribution in [0.3, 0.4) is 0 Å². The summed E-state index contributed by atoms with van der Waals surface area (Å²) in [6.07, 6.45) is 2.12. The molecule has 0 fully saturated rings. The van der Waals surface area contributed by atoms with Crippen LogP contribution in [0.2, 0.25) is 15.1 Å². The lowest BCUT2D eigenvalue weighted by Crippen LogP contribution is -2.22. The van der Waals surface area contributed by atoms with Crippen LogP contribution in [0, 0.1) is 0 Å². The Hall–Kier alpha value is -2.38. The van der Waals surface area contributed by atoms with Gasteiger partial charge in [0.2, 0.25) is 0 Å². The maximum Gasteiger partial charge on any atom is 0.282 e. The summed E-state index contributed by atoms with van der Waals surface area (Å²) in [4.78, 5) is 17.6. The molecule has 0 aliphatic carbocycles. The Morgan fingerprint density at radius 1 is 1.06 bits per heavy atom. The fourth-order valence-electron chi connectivity index (χ4n) is 3.18. The zero-order chi connectivity index (χ0) is 23.5. The highest BCUT2D eigenvalue weighted by atomic mass is 79.9. The first-order valence-corrected chi connectivity index (χ1v) is 11.9. The third kappa shape index (κ3) is 5.41. The van der Waals surface area contributed by atoms with Gasteiger partial charge in [-0.2, -0.15) is 9.78 Å². The molecule has 0 saturated carbocycles. The minimum atomic E-state index is -0.236. The monoisotopic (exact) mass is 563 g/mol. The van der Waals surface area contributed by atoms with Crippen molar-refractivity contribution in [2.45, 2.75) is 20.0 Å². The molecule has 0 spiro atoms. The van der Waals surface area contributed by atoms with Gasteiger partial charge in [0, 0.05) is 26.5 Å². The van der Waals surface area contributed by atoms with Gasteiger partial charge in [0.1, 0.15) is 18.2 Å². The molecular formula is C24H17BrCl3N3O2. The number of nitrogens with zero attached hydrogens (tertiary/aromatic N) is 3. The number of hydrogen-bond donors (Lipinski definition) is 0. The summed E-state index contributed by atoms with van der Waals surface area (Å²) in [6, 6.07) is 15.9. The minimum absolute atomic E-state index is 0.236. The van der Waals surface area contributed by atoms with Crippen LogP contribution in [0.25, 0.3) is 10.9 Å². The van der Waals surface area contributed by atoms with Crippen molar-refractivity contribution >= 4 is 67.9 Å². The van der Waals surface area contributed by atoms with E-state index in [9.17, 15) is 4.79 Å². The van der Waals surface area contributed by atoms with Crippen LogP contribution in [-0.2, 0) is 13.0 Å². The van der Waals surface area contributed by atoms with E-state index >= 15 is 0 Å². The number of halogens is 4. The second kappa shape index (κ2) is 10.3. The van der Waals surface area contributed by atoms with Gasteiger partial charge in [-0.1, -0.05) is 63.7 Å². The first-order chi connectivity index (χ1) is 15.9. The largest absolute Gasteiger partial charge is 0.487 e. The lowest BCUT2D eigenvalue weighted by atomic mass is 10.2. The van der Waals surface area contributed by atoms with E-state index in [0.717, 1.165) is 10.0 Å². The molecule has 0 unspecified atom stereocenters. The Labute approximate surface area is 213 Å². The van der Waals surface area contributed by atoms with Gasteiger partial charge in [-0.25, -0.2) is 4.98 Å². The van der Waals surface area contributed by atoms with Gasteiger partial charge in [0.05, 0.1) is 22.1 Å². The third-order valence-corrected chi connectivity index (χ3v) is 6.24. The molecular weight excluding hydrogens is 549 g/mol. The van der Waals surface area contributed by atoms with Crippen molar-refractivity contribution < 1.29 is 4.74 Å². The number of benzene rings is 3. The van der Waals surface area contributed by atoms with Crippen molar-refractivity contribution in [1.29, 1.82) is 0 Å². The fraction of sp³-hybridized carbons (Fsp3) is 0.125. The van der Waals surface area contributed by atoms with Gasteiger partial charge in [-0.15, -0.1) is 0 Å². The van der Waals surface area contributed by atoms with E-state index in [0.29, 0.717) is 49.5 Å². The first-order valence-electron chi connectivity index (χ1n) is 9.97. The first kappa shape index (κ1) is 23.8. The van der Waals surface area contributed by atoms with E-state index in [1.807, 2.05) is 19.1 Å². The molecule has 1 aromatic heterocycles. The molecule has 9 heteroatoms. The minimum Gasteiger partial charge on any atom is -0.487 e. The van der Waals surface area contributed by atoms with Crippen molar-refractivity contribution in [3.8, 4) is 5.75 Å². The summed E-state index contributed by atoms with van der Waals surface area (Å²) in [5, 5.41) is 6.36. The van der Waals surface area contributed by atoms with Crippen molar-refractivity contribution in [2.24, 2.45) is 5.10 Å². The van der Waals surface area contributed by atoms with E-state index < -0.39 is 0 Å². The molecule has 3 aromatic carbocycles. The molecule has 168 valence electrons. The van der Waals surface area contributed by atoms with E-state index in [1.165, 1.54) is 4.68 Å². The van der Waals surface area contributed by atoms with Crippen molar-refractivity contribution in [3.05, 3.63) is 101 Å². The fourth-order valence-corrected chi connectivity index (χ4v) is 4.24. The predicted octanol–water partition coefficient (Wildman–Crippen LogP) is 7.14. The number of fused-ring (bicyclic) bond motifs is 1. The molecule has 4 rings (SSSR count). The Kier molecular flexibility index (Phi) is 7.39. The zero-order valence-electron chi connectivity index (χ0n) is 17.4. The molecule has 33 heavy (non-hydrogen) atoms. The molecule has 0 aliphatic rings. The zero-order valence-corrected chi connectivity index (χ0v) is 21.2. The number of aromatic nitrogens is 2. The molecule has 1 heterocycles. The Morgan fingerprint density at radius 3 is 2.61 bits per heavy atom. The number of rotatable bonds is 6. The average molecular weight is 566 g/mol. The summed E-state index contributed by atoms with van der Waals surface area (Å²) < 4.78 is 7.92. The van der Waals surface area contributed by atoms with E-state index in [-0.39, 0.29) is 12.2 Å². The van der Waals surface area contributed by atoms with E-state index in [1.54, 1.807) is 48.7 Å². The molecule has 0 saturated heterocycles. The third-order valence-electron chi connectivity index (χ3n) is 4.87. The summed E-state index contributed by atoms with van der Waals surface area (Å²) in [5.74, 6) is 1.07. The summed E-state index contributed by atoms with van der Waals surface area (Å²) in [6.45, 7) is 2.17. The molecule has 0 atom stereocenters. The molecule has 0 bridgehead atoms. The van der Waals surface area contributed by atoms with Crippen LogP contribution >= 0.6 is 50.7 Å². The van der Waals surface area contributed by atoms with Gasteiger partial charge in [-0.05, 0) is 54.1 Å². The van der Waals surface area contributed by atoms with Crippen molar-refractivity contribution in [2.75, 3.05) is 0 Å². The normalized spacial score (nSPS) is 11.4. The van der Waals surface area contributed by atoms with Crippen molar-refractivity contribution in [1.82, 2.24) is 9.66 Å². The SMILES string of the molecule is CCc1nc2ccc(Br)cc2c(=O)n1N=Cc1ccc(OCc2ccc(Cl)cc2Cl)c(Cl)c1. The highest BCUT2D eigenvalue weighted by Gasteiger charge is 2.10. The average Bonchev–Trinajstić information content (AvgIpc) is 2.79. The number of hydrogen-bond acceptors (Lipinski definition) is 4. The quantitative estimate of drug-likeness (QED) is 0.234. The smallest absolute Gasteiger partial charge is 0.282 e. The van der Waals surface area contributed by atoms with Crippen LogP contribution in [0.4, 0.5) is 0 Å². The molecule has 0 radical (unpaired) electrons. The standard InChI is InChI=1S/C24H17BrCl3N3O2/c1-2-23-30-21-7-5-16(25)10-18(21)24(32)31(23)29-12-14-3-8-22(20(28)9-14)33-13-15-4-6-17(26)11-19(15)27/h3-12H,2,13H2,1H3. The Morgan fingerprint density at radius 2 is 1.88 bits per heavy atom. The summed E-state index contributed by atoms with van der Waals surface area (Å²) >= 11 is 21.9. The maximum absolute atomic E-state index is 13.0. The van der Waals surface area contributed by atoms with Gasteiger partial charge in [-0.3, -0.25) is 4.79 Å². The van der Waals surface area contributed by atoms with E-state index in [4.69, 9.17) is 39.5 Å². The summed E-state index contributed by atoms with van der Waals surface area (Å²) in [7, 11) is 0. The second-order valence-corrected chi connectivity index (χ2v) is 9.29. The highest BCUT2D eigenvalue weighted by Crippen LogP contribution is 2.28. The van der Waals surface area contributed by atoms with Crippen LogP contribution in [0.15, 0.2) is 69.0 Å². The van der Waals surface area contributed by atoms with Crippen LogP contribution < -0.4 is 10.3 Å². The van der Waals surface area contributed by atoms with Gasteiger partial charge >= 0.3 is 0 Å². The molecule has 0 aliphatic heterocycles. The lowest BCUT2D eigenvalue weighted by Gasteiger charge is -2.10. The van der Waals surface area contributed by atoms with Gasteiger partial charge in [0.25, 0.3) is 5.56 Å². The van der Waals surface area contributed by atoms with Crippen LogP contribution in [0.1, 0.15) is 23.9 Å². The highest BCUT2D eigenvalue weighted by molar-refractivity contribution is 9.10. The van der Waals surface area contributed by atoms with E-state index in [2.05, 4.69) is 26.0 Å². The van der Waals surface area contributed by atoms with Gasteiger partial charge < -0.3 is 4.74 Å². The molecule has 4 aromatic rings. The second-order valence-electron chi connectivity index (χ2n) is 7.12. The number of aryl methyl sites for hydroxylation is 1. The molecule has 5 nitrogen and oxygen atoms in total. The lowest BCUT2D eigenvalue weighted by molar-refractivity contribution is 0.306. The number of ether oxygens (including phenoxy) is 1. The summed E-state index contributed by atoms with van der Waals surface area (Å²) in [5.41, 5.74) is 1.90. The van der Waals surface area contributed by atoms with Crippen LogP contribution in [0.5, 0.6) is 5.75 Å². The molecule has 0 N–H and O–H groups in total. The topological polar surface area (TPSA) is 56.5 Å². The predicted molar refractivity (Wildman–Crippen MR) is 138 cm³/mol. The Balaban J connectivity index is 1.58. The molecule has 0 amide bonds. The maximum atomic E-state index is 13.0. The van der Waals surface area contributed by atoms with Crippen LogP contribution in [-0.4, -0.2) is 15.9 Å². The Bertz CT molecular complexity index is 1440. The van der Waals surface area contributed by atoms with Crippen molar-refractivity contribution in [3.63, 3.8) is 0 Å².